The van der Waals surface area contributed by atoms with Crippen molar-refractivity contribution >= 4 is 0 Å². The highest BCUT2D eigenvalue weighted by Crippen LogP contribution is 2.40. The van der Waals surface area contributed by atoms with E-state index in [1.54, 1.807) is 7.11 Å². The van der Waals surface area contributed by atoms with E-state index in [0.29, 0.717) is 5.92 Å². The van der Waals surface area contributed by atoms with Crippen molar-refractivity contribution in [2.24, 2.45) is 22.2 Å². The quantitative estimate of drug-likeness (QED) is 0.514. The summed E-state index contributed by atoms with van der Waals surface area (Å²) in [5.74, 6) is 0.381. The first-order valence-electron chi connectivity index (χ1n) is 8.88. The van der Waals surface area contributed by atoms with E-state index in [4.69, 9.17) is 9.47 Å². The van der Waals surface area contributed by atoms with E-state index in [1.165, 1.54) is 0 Å². The number of hydrogen-bond acceptors (Lipinski definition) is 2. The van der Waals surface area contributed by atoms with Gasteiger partial charge in [0.15, 0.2) is 6.29 Å². The zero-order valence-corrected chi connectivity index (χ0v) is 17.2. The summed E-state index contributed by atoms with van der Waals surface area (Å²) in [5.41, 5.74) is 0.706. The van der Waals surface area contributed by atoms with Crippen molar-refractivity contribution in [3.63, 3.8) is 0 Å². The van der Waals surface area contributed by atoms with E-state index in [2.05, 4.69) is 69.2 Å². The molecule has 0 saturated carbocycles. The Bertz CT molecular complexity index is 301. The molecule has 0 radical (unpaired) electrons. The molecule has 0 fully saturated rings. The molecule has 0 rings (SSSR count). The Labute approximate surface area is 140 Å². The summed E-state index contributed by atoms with van der Waals surface area (Å²) in [7, 11) is 1.79. The summed E-state index contributed by atoms with van der Waals surface area (Å²) < 4.78 is 12.2. The zero-order valence-electron chi connectivity index (χ0n) is 17.2. The molecule has 134 valence electrons. The van der Waals surface area contributed by atoms with E-state index in [1.807, 2.05) is 0 Å². The fourth-order valence-electron chi connectivity index (χ4n) is 2.95. The van der Waals surface area contributed by atoms with Crippen molar-refractivity contribution in [3.05, 3.63) is 0 Å². The lowest BCUT2D eigenvalue weighted by molar-refractivity contribution is -0.211. The fraction of sp³-hybridized carbons (Fsp3) is 1.00. The maximum atomic E-state index is 6.44. The van der Waals surface area contributed by atoms with E-state index in [-0.39, 0.29) is 28.6 Å². The normalized spacial score (nSPS) is 18.1. The maximum absolute atomic E-state index is 6.44. The highest BCUT2D eigenvalue weighted by Gasteiger charge is 2.37. The van der Waals surface area contributed by atoms with Crippen LogP contribution in [-0.2, 0) is 9.47 Å². The minimum atomic E-state index is -0.133. The number of rotatable bonds is 7. The van der Waals surface area contributed by atoms with Gasteiger partial charge in [-0.25, -0.2) is 0 Å². The van der Waals surface area contributed by atoms with Gasteiger partial charge in [0, 0.05) is 13.0 Å². The van der Waals surface area contributed by atoms with Gasteiger partial charge >= 0.3 is 0 Å². The molecule has 0 amide bonds. The molecule has 0 heterocycles. The molecule has 0 bridgehead atoms. The molecule has 0 aromatic carbocycles. The first-order chi connectivity index (χ1) is 9.69. The Morgan fingerprint density at radius 1 is 0.773 bits per heavy atom. The average molecular weight is 315 g/mol. The molecule has 0 aliphatic carbocycles. The van der Waals surface area contributed by atoms with E-state index >= 15 is 0 Å². The number of hydrogen-bond donors (Lipinski definition) is 0. The third-order valence-corrected chi connectivity index (χ3v) is 4.13. The van der Waals surface area contributed by atoms with Crippen LogP contribution in [-0.4, -0.2) is 19.5 Å². The van der Waals surface area contributed by atoms with Gasteiger partial charge in [-0.15, -0.1) is 0 Å². The van der Waals surface area contributed by atoms with Gasteiger partial charge in [-0.2, -0.15) is 0 Å². The lowest BCUT2D eigenvalue weighted by Crippen LogP contribution is -2.40. The lowest BCUT2D eigenvalue weighted by atomic mass is 9.71. The first-order valence-corrected chi connectivity index (χ1v) is 8.88. The smallest absolute Gasteiger partial charge is 0.160 e. The molecule has 0 saturated heterocycles. The summed E-state index contributed by atoms with van der Waals surface area (Å²) in [6, 6.07) is 0. The predicted octanol–water partition coefficient (Wildman–Crippen LogP) is 6.29. The molecular formula is C20H42O2. The van der Waals surface area contributed by atoms with Crippen molar-refractivity contribution in [2.75, 3.05) is 7.11 Å². The van der Waals surface area contributed by atoms with E-state index in [0.717, 1.165) is 19.3 Å². The molecule has 0 aliphatic rings. The molecular weight excluding hydrogens is 272 g/mol. The third kappa shape index (κ3) is 9.15. The van der Waals surface area contributed by atoms with Gasteiger partial charge in [0.1, 0.15) is 0 Å². The van der Waals surface area contributed by atoms with Crippen molar-refractivity contribution in [3.8, 4) is 0 Å². The summed E-state index contributed by atoms with van der Waals surface area (Å²) in [6.07, 6.45) is 3.32. The van der Waals surface area contributed by atoms with Crippen LogP contribution in [0.2, 0.25) is 0 Å². The molecule has 22 heavy (non-hydrogen) atoms. The molecule has 2 nitrogen and oxygen atoms in total. The van der Waals surface area contributed by atoms with Gasteiger partial charge in [0.25, 0.3) is 0 Å². The minimum Gasteiger partial charge on any atom is -0.356 e. The van der Waals surface area contributed by atoms with Gasteiger partial charge in [0.05, 0.1) is 6.10 Å². The second-order valence-corrected chi connectivity index (χ2v) is 10.3. The van der Waals surface area contributed by atoms with Crippen LogP contribution in [0.1, 0.15) is 88.5 Å². The predicted molar refractivity (Wildman–Crippen MR) is 97.1 cm³/mol. The Kier molecular flexibility index (Phi) is 8.12. The summed E-state index contributed by atoms with van der Waals surface area (Å²) in [6.45, 7) is 22.8. The van der Waals surface area contributed by atoms with Gasteiger partial charge in [0.2, 0.25) is 0 Å². The van der Waals surface area contributed by atoms with Gasteiger partial charge < -0.3 is 9.47 Å². The van der Waals surface area contributed by atoms with E-state index < -0.39 is 0 Å². The molecule has 0 aliphatic heterocycles. The monoisotopic (exact) mass is 314 g/mol. The Morgan fingerprint density at radius 3 is 1.50 bits per heavy atom. The standard InChI is InChI=1S/C20H42O2/c1-12-15(13-18(2,3)4)22-17(21-11)16(20(8,9)10)14-19(5,6)7/h15-17H,12-14H2,1-11H3. The van der Waals surface area contributed by atoms with Gasteiger partial charge in [-0.3, -0.25) is 0 Å². The van der Waals surface area contributed by atoms with Crippen LogP contribution in [0, 0.1) is 22.2 Å². The Hall–Kier alpha value is -0.0800. The molecule has 0 N–H and O–H groups in total. The van der Waals surface area contributed by atoms with Crippen LogP contribution in [0.5, 0.6) is 0 Å². The lowest BCUT2D eigenvalue weighted by Gasteiger charge is -2.41. The van der Waals surface area contributed by atoms with Crippen LogP contribution < -0.4 is 0 Å². The summed E-state index contributed by atoms with van der Waals surface area (Å²) in [5, 5.41) is 0. The van der Waals surface area contributed by atoms with Crippen LogP contribution in [0.4, 0.5) is 0 Å². The van der Waals surface area contributed by atoms with Crippen LogP contribution in [0.3, 0.4) is 0 Å². The summed E-state index contributed by atoms with van der Waals surface area (Å²) >= 11 is 0. The van der Waals surface area contributed by atoms with Crippen LogP contribution >= 0.6 is 0 Å². The number of methoxy groups -OCH3 is 1. The Morgan fingerprint density at radius 2 is 1.23 bits per heavy atom. The Balaban J connectivity index is 5.14. The maximum Gasteiger partial charge on any atom is 0.160 e. The molecule has 0 spiro atoms. The topological polar surface area (TPSA) is 18.5 Å². The van der Waals surface area contributed by atoms with Crippen molar-refractivity contribution in [1.82, 2.24) is 0 Å². The van der Waals surface area contributed by atoms with Crippen molar-refractivity contribution < 1.29 is 9.47 Å². The largest absolute Gasteiger partial charge is 0.356 e. The minimum absolute atomic E-state index is 0.133. The number of ether oxygens (including phenoxy) is 2. The highest BCUT2D eigenvalue weighted by molar-refractivity contribution is 4.82. The molecule has 2 heteroatoms. The molecule has 3 unspecified atom stereocenters. The fourth-order valence-corrected chi connectivity index (χ4v) is 2.95. The molecule has 0 aromatic rings. The van der Waals surface area contributed by atoms with Crippen LogP contribution in [0.25, 0.3) is 0 Å². The SMILES string of the molecule is CCC(CC(C)(C)C)OC(OC)C(CC(C)(C)C)C(C)(C)C. The van der Waals surface area contributed by atoms with Crippen LogP contribution in [0.15, 0.2) is 0 Å². The third-order valence-electron chi connectivity index (χ3n) is 4.13. The first kappa shape index (κ1) is 21.9. The highest BCUT2D eigenvalue weighted by atomic mass is 16.7. The second kappa shape index (κ2) is 8.15. The van der Waals surface area contributed by atoms with Gasteiger partial charge in [-0.1, -0.05) is 69.2 Å². The van der Waals surface area contributed by atoms with E-state index in [9.17, 15) is 0 Å². The zero-order chi connectivity index (χ0) is 17.8. The van der Waals surface area contributed by atoms with Crippen molar-refractivity contribution in [2.45, 2.75) is 101 Å². The molecule has 3 atom stereocenters. The molecule has 0 aromatic heterocycles. The summed E-state index contributed by atoms with van der Waals surface area (Å²) in [4.78, 5) is 0. The van der Waals surface area contributed by atoms with Crippen molar-refractivity contribution in [1.29, 1.82) is 0 Å². The average Bonchev–Trinajstić information content (AvgIpc) is 2.27. The van der Waals surface area contributed by atoms with Gasteiger partial charge in [-0.05, 0) is 35.5 Å². The second-order valence-electron chi connectivity index (χ2n) is 10.3.